The lowest BCUT2D eigenvalue weighted by Gasteiger charge is -2.04. The van der Waals surface area contributed by atoms with Gasteiger partial charge in [0.25, 0.3) is 5.91 Å². The Morgan fingerprint density at radius 1 is 1.29 bits per heavy atom. The Hall–Kier alpha value is -3.80. The van der Waals surface area contributed by atoms with Gasteiger partial charge in [-0.1, -0.05) is 0 Å². The van der Waals surface area contributed by atoms with Gasteiger partial charge < -0.3 is 11.1 Å². The van der Waals surface area contributed by atoms with Crippen LogP contribution in [0.5, 0.6) is 0 Å². The fourth-order valence-corrected chi connectivity index (χ4v) is 2.61. The number of rotatable bonds is 6. The lowest BCUT2D eigenvalue weighted by Crippen LogP contribution is -2.26. The second kappa shape index (κ2) is 8.26. The summed E-state index contributed by atoms with van der Waals surface area (Å²) in [6.07, 6.45) is 3.95. The summed E-state index contributed by atoms with van der Waals surface area (Å²) in [5.41, 5.74) is 8.36. The molecule has 0 atom stereocenters. The number of halogens is 1. The van der Waals surface area contributed by atoms with Gasteiger partial charge in [0, 0.05) is 12.7 Å². The fourth-order valence-electron chi connectivity index (χ4n) is 2.61. The number of nitrogens with two attached hydrogens (primary N) is 1. The molecular weight excluding hydrogens is 361 g/mol. The molecule has 0 fully saturated rings. The number of nitrogens with zero attached hydrogens (tertiary/aromatic N) is 5. The second-order valence-corrected chi connectivity index (χ2v) is 6.11. The van der Waals surface area contributed by atoms with Crippen molar-refractivity contribution in [2.45, 2.75) is 19.8 Å². The summed E-state index contributed by atoms with van der Waals surface area (Å²) < 4.78 is 14.5. The molecule has 0 unspecified atom stereocenters. The Bertz CT molecular complexity index is 1020. The lowest BCUT2D eigenvalue weighted by atomic mass is 10.1. The van der Waals surface area contributed by atoms with E-state index in [0.29, 0.717) is 30.8 Å². The van der Waals surface area contributed by atoms with E-state index < -0.39 is 0 Å². The highest BCUT2D eigenvalue weighted by atomic mass is 19.1. The van der Waals surface area contributed by atoms with Crippen LogP contribution < -0.4 is 11.1 Å². The summed E-state index contributed by atoms with van der Waals surface area (Å²) in [6.45, 7) is 2.17. The van der Waals surface area contributed by atoms with Crippen molar-refractivity contribution in [3.8, 4) is 11.8 Å². The van der Waals surface area contributed by atoms with Crippen molar-refractivity contribution >= 4 is 11.7 Å². The van der Waals surface area contributed by atoms with Crippen LogP contribution in [0.15, 0.2) is 36.7 Å². The van der Waals surface area contributed by atoms with Crippen molar-refractivity contribution in [1.29, 1.82) is 5.26 Å². The third-order valence-corrected chi connectivity index (χ3v) is 4.07. The van der Waals surface area contributed by atoms with Crippen LogP contribution in [0.1, 0.15) is 33.9 Å². The molecule has 0 aliphatic rings. The van der Waals surface area contributed by atoms with E-state index in [0.717, 1.165) is 5.69 Å². The average Bonchev–Trinajstić information content (AvgIpc) is 3.01. The molecule has 9 heteroatoms. The Morgan fingerprint density at radius 3 is 2.68 bits per heavy atom. The van der Waals surface area contributed by atoms with Crippen LogP contribution in [0.25, 0.3) is 5.69 Å². The van der Waals surface area contributed by atoms with Gasteiger partial charge in [0.15, 0.2) is 0 Å². The molecule has 0 aliphatic heterocycles. The van der Waals surface area contributed by atoms with E-state index in [1.165, 1.54) is 41.3 Å². The fraction of sp³-hybridized carbons (Fsp3) is 0.211. The molecule has 2 heterocycles. The first-order valence-electron chi connectivity index (χ1n) is 8.60. The molecule has 0 saturated carbocycles. The normalized spacial score (nSPS) is 10.5. The van der Waals surface area contributed by atoms with E-state index in [1.807, 2.05) is 0 Å². The number of aromatic nitrogens is 4. The van der Waals surface area contributed by atoms with Gasteiger partial charge in [-0.2, -0.15) is 10.4 Å². The summed E-state index contributed by atoms with van der Waals surface area (Å²) in [6, 6.07) is 7.72. The summed E-state index contributed by atoms with van der Waals surface area (Å²) >= 11 is 0. The van der Waals surface area contributed by atoms with Gasteiger partial charge in [-0.15, -0.1) is 0 Å². The molecule has 1 aromatic carbocycles. The summed E-state index contributed by atoms with van der Waals surface area (Å²) in [4.78, 5) is 20.1. The zero-order valence-electron chi connectivity index (χ0n) is 15.2. The zero-order chi connectivity index (χ0) is 20.1. The number of hydrogen-bond donors (Lipinski definition) is 2. The third-order valence-electron chi connectivity index (χ3n) is 4.07. The molecule has 0 saturated heterocycles. The number of anilines is 1. The molecule has 8 nitrogen and oxygen atoms in total. The van der Waals surface area contributed by atoms with Gasteiger partial charge in [-0.3, -0.25) is 9.78 Å². The van der Waals surface area contributed by atoms with E-state index in [-0.39, 0.29) is 28.8 Å². The van der Waals surface area contributed by atoms with Crippen LogP contribution in [0.3, 0.4) is 0 Å². The molecule has 3 aromatic rings. The van der Waals surface area contributed by atoms with Gasteiger partial charge in [0.05, 0.1) is 23.3 Å². The number of carbonyl (C=O) groups is 1. The Morgan fingerprint density at radius 2 is 2.04 bits per heavy atom. The van der Waals surface area contributed by atoms with Crippen molar-refractivity contribution in [2.75, 3.05) is 12.3 Å². The topological polar surface area (TPSA) is 123 Å². The van der Waals surface area contributed by atoms with Gasteiger partial charge >= 0.3 is 0 Å². The second-order valence-electron chi connectivity index (χ2n) is 6.11. The minimum absolute atomic E-state index is 0.197. The minimum Gasteiger partial charge on any atom is -0.382 e. The monoisotopic (exact) mass is 379 g/mol. The molecule has 0 spiro atoms. The van der Waals surface area contributed by atoms with Crippen LogP contribution in [0.2, 0.25) is 0 Å². The lowest BCUT2D eigenvalue weighted by molar-refractivity contribution is 0.0947. The number of hydrogen-bond acceptors (Lipinski definition) is 6. The van der Waals surface area contributed by atoms with Gasteiger partial charge in [0.2, 0.25) is 0 Å². The van der Waals surface area contributed by atoms with Crippen LogP contribution in [-0.4, -0.2) is 32.2 Å². The maximum Gasteiger partial charge on any atom is 0.271 e. The number of nitriles is 1. The summed E-state index contributed by atoms with van der Waals surface area (Å²) in [7, 11) is 0. The highest BCUT2D eigenvalue weighted by Crippen LogP contribution is 2.21. The maximum atomic E-state index is 13.1. The molecule has 1 amide bonds. The summed E-state index contributed by atoms with van der Waals surface area (Å²) in [5, 5.41) is 16.5. The highest BCUT2D eigenvalue weighted by molar-refractivity contribution is 5.91. The molecule has 2 aromatic heterocycles. The quantitative estimate of drug-likeness (QED) is 0.631. The molecule has 3 N–H and O–H groups in total. The van der Waals surface area contributed by atoms with Crippen molar-refractivity contribution < 1.29 is 9.18 Å². The molecule has 0 bridgehead atoms. The van der Waals surface area contributed by atoms with Crippen LogP contribution in [0, 0.1) is 24.1 Å². The Labute approximate surface area is 160 Å². The SMILES string of the molecule is Cc1cnc(C(=O)NCCCc2nn(-c3ccc(F)cc3)c(N)c2C#N)cn1. The smallest absolute Gasteiger partial charge is 0.271 e. The molecular formula is C19H18FN7O. The van der Waals surface area contributed by atoms with Crippen molar-refractivity contribution in [3.63, 3.8) is 0 Å². The molecule has 0 aliphatic carbocycles. The van der Waals surface area contributed by atoms with Gasteiger partial charge in [0.1, 0.15) is 29.0 Å². The predicted octanol–water partition coefficient (Wildman–Crippen LogP) is 1.93. The number of amides is 1. The molecule has 142 valence electrons. The number of benzene rings is 1. The van der Waals surface area contributed by atoms with Crippen LogP contribution >= 0.6 is 0 Å². The van der Waals surface area contributed by atoms with E-state index in [4.69, 9.17) is 5.73 Å². The minimum atomic E-state index is -0.371. The predicted molar refractivity (Wildman–Crippen MR) is 100 cm³/mol. The first-order valence-corrected chi connectivity index (χ1v) is 8.60. The first kappa shape index (κ1) is 19.0. The van der Waals surface area contributed by atoms with E-state index in [1.54, 1.807) is 6.92 Å². The first-order chi connectivity index (χ1) is 13.5. The zero-order valence-corrected chi connectivity index (χ0v) is 15.2. The van der Waals surface area contributed by atoms with Gasteiger partial charge in [-0.25, -0.2) is 14.1 Å². The third kappa shape index (κ3) is 4.12. The maximum absolute atomic E-state index is 13.1. The van der Waals surface area contributed by atoms with Crippen molar-refractivity contribution in [1.82, 2.24) is 25.1 Å². The molecule has 28 heavy (non-hydrogen) atoms. The van der Waals surface area contributed by atoms with Crippen molar-refractivity contribution in [2.24, 2.45) is 0 Å². The average molecular weight is 379 g/mol. The van der Waals surface area contributed by atoms with E-state index in [9.17, 15) is 14.4 Å². The van der Waals surface area contributed by atoms with E-state index >= 15 is 0 Å². The van der Waals surface area contributed by atoms with Crippen molar-refractivity contribution in [3.05, 3.63) is 65.1 Å². The highest BCUT2D eigenvalue weighted by Gasteiger charge is 2.16. The number of aryl methyl sites for hydroxylation is 2. The summed E-state index contributed by atoms with van der Waals surface area (Å²) in [5.74, 6) is -0.489. The standard InChI is InChI=1S/C19H18FN7O/c1-12-10-25-17(11-24-12)19(28)23-8-2-3-16-15(9-21)18(22)27(26-16)14-6-4-13(20)5-7-14/h4-7,10-11H,2-3,8,22H2,1H3,(H,23,28). The van der Waals surface area contributed by atoms with E-state index in [2.05, 4.69) is 26.5 Å². The largest absolute Gasteiger partial charge is 0.382 e. The Balaban J connectivity index is 1.63. The molecule has 0 radical (unpaired) electrons. The van der Waals surface area contributed by atoms with Gasteiger partial charge in [-0.05, 0) is 44.0 Å². The molecule has 3 rings (SSSR count). The van der Waals surface area contributed by atoms with Crippen LogP contribution in [0.4, 0.5) is 10.2 Å². The number of nitrogens with one attached hydrogen (secondary N) is 1. The van der Waals surface area contributed by atoms with Crippen LogP contribution in [-0.2, 0) is 6.42 Å². The number of nitrogen functional groups attached to an aromatic ring is 1. The number of carbonyl (C=O) groups excluding carboxylic acids is 1. The Kier molecular flexibility index (Phi) is 5.60.